The van der Waals surface area contributed by atoms with Gasteiger partial charge >= 0.3 is 6.09 Å². The van der Waals surface area contributed by atoms with E-state index in [1.54, 1.807) is 31.3 Å². The van der Waals surface area contributed by atoms with Gasteiger partial charge in [0.25, 0.3) is 10.1 Å². The maximum atomic E-state index is 12.2. The number of ether oxygens (including phenoxy) is 1. The van der Waals surface area contributed by atoms with Gasteiger partial charge < -0.3 is 4.74 Å². The third-order valence-corrected chi connectivity index (χ3v) is 5.45. The molecular formula is C22H29NO5S. The van der Waals surface area contributed by atoms with Crippen LogP contribution in [0.4, 0.5) is 10.5 Å². The first-order valence-electron chi connectivity index (χ1n) is 9.50. The third-order valence-electron chi connectivity index (χ3n) is 4.12. The van der Waals surface area contributed by atoms with Crippen LogP contribution >= 0.6 is 0 Å². The highest BCUT2D eigenvalue weighted by Gasteiger charge is 2.20. The summed E-state index contributed by atoms with van der Waals surface area (Å²) in [5.74, 6) is 0. The molecule has 2 aromatic carbocycles. The van der Waals surface area contributed by atoms with E-state index >= 15 is 0 Å². The molecule has 158 valence electrons. The highest BCUT2D eigenvalue weighted by Crippen LogP contribution is 2.19. The van der Waals surface area contributed by atoms with Gasteiger partial charge in [0.15, 0.2) is 0 Å². The lowest BCUT2D eigenvalue weighted by atomic mass is 10.1. The molecule has 0 saturated carbocycles. The fraction of sp³-hybridized carbons (Fsp3) is 0.409. The third kappa shape index (κ3) is 7.18. The summed E-state index contributed by atoms with van der Waals surface area (Å²) in [6, 6.07) is 14.1. The fourth-order valence-electron chi connectivity index (χ4n) is 2.57. The summed E-state index contributed by atoms with van der Waals surface area (Å²) in [6.45, 7) is 7.44. The summed E-state index contributed by atoms with van der Waals surface area (Å²) in [5, 5.41) is 0. The van der Waals surface area contributed by atoms with Gasteiger partial charge in [-0.3, -0.25) is 9.08 Å². The standard InChI is InChI=1S/C22H29NO5S/c1-17-11-13-20(14-12-17)29(25,26)27-15-7-9-18-8-6-10-19(16-18)23(5)21(24)28-22(2,3)4/h6,8,10-14,16H,7,9,15H2,1-5H3. The van der Waals surface area contributed by atoms with Crippen LogP contribution in [-0.4, -0.2) is 33.8 Å². The summed E-state index contributed by atoms with van der Waals surface area (Å²) in [7, 11) is -2.09. The van der Waals surface area contributed by atoms with Crippen LogP contribution in [0.1, 0.15) is 38.3 Å². The smallest absolute Gasteiger partial charge is 0.414 e. The van der Waals surface area contributed by atoms with Gasteiger partial charge in [0.2, 0.25) is 0 Å². The predicted octanol–water partition coefficient (Wildman–Crippen LogP) is 4.70. The number of anilines is 1. The SMILES string of the molecule is Cc1ccc(S(=O)(=O)OCCCc2cccc(N(C)C(=O)OC(C)(C)C)c2)cc1. The molecule has 0 saturated heterocycles. The molecule has 2 aromatic rings. The lowest BCUT2D eigenvalue weighted by molar-refractivity contribution is 0.0589. The first kappa shape index (κ1) is 22.9. The van der Waals surface area contributed by atoms with Crippen molar-refractivity contribution in [1.82, 2.24) is 0 Å². The maximum absolute atomic E-state index is 12.2. The number of rotatable bonds is 7. The largest absolute Gasteiger partial charge is 0.443 e. The molecule has 0 N–H and O–H groups in total. The Balaban J connectivity index is 1.91. The van der Waals surface area contributed by atoms with Crippen LogP contribution in [0.15, 0.2) is 53.4 Å². The molecule has 0 spiro atoms. The highest BCUT2D eigenvalue weighted by molar-refractivity contribution is 7.86. The molecule has 0 fully saturated rings. The molecule has 29 heavy (non-hydrogen) atoms. The number of hydrogen-bond donors (Lipinski definition) is 0. The van der Waals surface area contributed by atoms with Gasteiger partial charge in [0, 0.05) is 12.7 Å². The molecule has 0 bridgehead atoms. The molecule has 0 unspecified atom stereocenters. The van der Waals surface area contributed by atoms with E-state index in [9.17, 15) is 13.2 Å². The van der Waals surface area contributed by atoms with Crippen molar-refractivity contribution in [3.63, 3.8) is 0 Å². The molecule has 0 radical (unpaired) electrons. The van der Waals surface area contributed by atoms with E-state index in [0.717, 1.165) is 11.1 Å². The minimum Gasteiger partial charge on any atom is -0.443 e. The zero-order chi connectivity index (χ0) is 21.7. The van der Waals surface area contributed by atoms with Crippen molar-refractivity contribution in [2.45, 2.75) is 51.0 Å². The van der Waals surface area contributed by atoms with Crippen molar-refractivity contribution in [1.29, 1.82) is 0 Å². The minimum atomic E-state index is -3.75. The molecule has 0 aliphatic heterocycles. The number of aryl methyl sites for hydroxylation is 2. The van der Waals surface area contributed by atoms with Gasteiger partial charge in [-0.1, -0.05) is 29.8 Å². The molecule has 1 amide bonds. The molecule has 0 aliphatic carbocycles. The van der Waals surface area contributed by atoms with Crippen molar-refractivity contribution in [3.05, 3.63) is 59.7 Å². The van der Waals surface area contributed by atoms with E-state index in [0.29, 0.717) is 18.5 Å². The first-order chi connectivity index (χ1) is 13.5. The number of benzene rings is 2. The molecule has 0 atom stereocenters. The van der Waals surface area contributed by atoms with Gasteiger partial charge in [0.1, 0.15) is 5.60 Å². The average Bonchev–Trinajstić information content (AvgIpc) is 2.64. The highest BCUT2D eigenvalue weighted by atomic mass is 32.2. The number of amides is 1. The first-order valence-corrected chi connectivity index (χ1v) is 10.9. The average molecular weight is 420 g/mol. The lowest BCUT2D eigenvalue weighted by Gasteiger charge is -2.25. The Morgan fingerprint density at radius 2 is 1.72 bits per heavy atom. The number of carbonyl (C=O) groups excluding carboxylic acids is 1. The van der Waals surface area contributed by atoms with Crippen molar-refractivity contribution in [2.24, 2.45) is 0 Å². The van der Waals surface area contributed by atoms with Crippen LogP contribution in [0.25, 0.3) is 0 Å². The Hall–Kier alpha value is -2.38. The monoisotopic (exact) mass is 419 g/mol. The Labute approximate surface area is 173 Å². The van der Waals surface area contributed by atoms with Gasteiger partial charge in [-0.25, -0.2) is 4.79 Å². The number of hydrogen-bond acceptors (Lipinski definition) is 5. The maximum Gasteiger partial charge on any atom is 0.414 e. The van der Waals surface area contributed by atoms with E-state index in [1.807, 2.05) is 52.0 Å². The summed E-state index contributed by atoms with van der Waals surface area (Å²) >= 11 is 0. The van der Waals surface area contributed by atoms with Crippen LogP contribution in [0.5, 0.6) is 0 Å². The molecular weight excluding hydrogens is 390 g/mol. The molecule has 6 nitrogen and oxygen atoms in total. The number of carbonyl (C=O) groups is 1. The number of nitrogens with zero attached hydrogens (tertiary/aromatic N) is 1. The molecule has 0 aliphatic rings. The quantitative estimate of drug-likeness (QED) is 0.480. The van der Waals surface area contributed by atoms with E-state index in [-0.39, 0.29) is 11.5 Å². The summed E-state index contributed by atoms with van der Waals surface area (Å²) in [4.78, 5) is 13.8. The Bertz CT molecular complexity index is 930. The Morgan fingerprint density at radius 3 is 2.34 bits per heavy atom. The lowest BCUT2D eigenvalue weighted by Crippen LogP contribution is -2.34. The minimum absolute atomic E-state index is 0.0857. The summed E-state index contributed by atoms with van der Waals surface area (Å²) in [6.07, 6.45) is 0.728. The molecule has 0 heterocycles. The van der Waals surface area contributed by atoms with Gasteiger partial charge in [-0.15, -0.1) is 0 Å². The van der Waals surface area contributed by atoms with Crippen molar-refractivity contribution in [3.8, 4) is 0 Å². The van der Waals surface area contributed by atoms with Crippen molar-refractivity contribution < 1.29 is 22.1 Å². The predicted molar refractivity (Wildman–Crippen MR) is 114 cm³/mol. The summed E-state index contributed by atoms with van der Waals surface area (Å²) in [5.41, 5.74) is 2.11. The van der Waals surface area contributed by atoms with Crippen molar-refractivity contribution in [2.75, 3.05) is 18.6 Å². The second kappa shape index (κ2) is 9.41. The van der Waals surface area contributed by atoms with Gasteiger partial charge in [0.05, 0.1) is 11.5 Å². The van der Waals surface area contributed by atoms with Gasteiger partial charge in [-0.05, 0) is 70.4 Å². The van der Waals surface area contributed by atoms with E-state index < -0.39 is 21.8 Å². The zero-order valence-electron chi connectivity index (χ0n) is 17.6. The van der Waals surface area contributed by atoms with Gasteiger partial charge in [-0.2, -0.15) is 8.42 Å². The van der Waals surface area contributed by atoms with Crippen molar-refractivity contribution >= 4 is 21.9 Å². The molecule has 0 aromatic heterocycles. The Kier molecular flexibility index (Phi) is 7.43. The van der Waals surface area contributed by atoms with Crippen LogP contribution in [-0.2, 0) is 25.5 Å². The molecule has 7 heteroatoms. The topological polar surface area (TPSA) is 72.9 Å². The fourth-order valence-corrected chi connectivity index (χ4v) is 3.52. The van der Waals surface area contributed by atoms with E-state index in [4.69, 9.17) is 8.92 Å². The van der Waals surface area contributed by atoms with E-state index in [2.05, 4.69) is 0 Å². The van der Waals surface area contributed by atoms with Crippen LogP contribution in [0.3, 0.4) is 0 Å². The second-order valence-electron chi connectivity index (χ2n) is 7.90. The van der Waals surface area contributed by atoms with Crippen LogP contribution in [0, 0.1) is 6.92 Å². The second-order valence-corrected chi connectivity index (χ2v) is 9.52. The van der Waals surface area contributed by atoms with Crippen LogP contribution < -0.4 is 4.90 Å². The van der Waals surface area contributed by atoms with Crippen LogP contribution in [0.2, 0.25) is 0 Å². The Morgan fingerprint density at radius 1 is 1.07 bits per heavy atom. The normalized spacial score (nSPS) is 11.9. The zero-order valence-corrected chi connectivity index (χ0v) is 18.5. The molecule has 2 rings (SSSR count). The summed E-state index contributed by atoms with van der Waals surface area (Å²) < 4.78 is 34.9. The van der Waals surface area contributed by atoms with E-state index in [1.165, 1.54) is 4.90 Å².